The van der Waals surface area contributed by atoms with Gasteiger partial charge in [0.15, 0.2) is 0 Å². The van der Waals surface area contributed by atoms with E-state index in [1.54, 1.807) is 0 Å². The summed E-state index contributed by atoms with van der Waals surface area (Å²) in [5.41, 5.74) is 8.26. The number of ether oxygens (including phenoxy) is 1. The van der Waals surface area contributed by atoms with Gasteiger partial charge in [0.05, 0.1) is 6.10 Å². The molecule has 1 aromatic heterocycles. The maximum absolute atomic E-state index is 6.31. The van der Waals surface area contributed by atoms with Crippen LogP contribution in [0.15, 0.2) is 24.3 Å². The van der Waals surface area contributed by atoms with Crippen molar-refractivity contribution in [2.24, 2.45) is 5.92 Å². The van der Waals surface area contributed by atoms with Gasteiger partial charge in [-0.15, -0.1) is 0 Å². The average molecular weight is 285 g/mol. The Labute approximate surface area is 125 Å². The van der Waals surface area contributed by atoms with Gasteiger partial charge in [-0.3, -0.25) is 0 Å². The highest BCUT2D eigenvalue weighted by molar-refractivity contribution is 5.71. The molecular formula is C17H23N3O. The SMILES string of the molecule is CC1CCc2nc(-c3ccc(OC(C)C)cc3)c(N)n2C1. The Morgan fingerprint density at radius 2 is 2.00 bits per heavy atom. The molecule has 0 amide bonds. The molecule has 0 saturated carbocycles. The van der Waals surface area contributed by atoms with E-state index in [-0.39, 0.29) is 6.10 Å². The number of rotatable bonds is 3. The first-order chi connectivity index (χ1) is 10.0. The Hall–Kier alpha value is -1.97. The van der Waals surface area contributed by atoms with E-state index in [0.717, 1.165) is 41.6 Å². The molecule has 0 bridgehead atoms. The summed E-state index contributed by atoms with van der Waals surface area (Å²) in [5.74, 6) is 3.45. The lowest BCUT2D eigenvalue weighted by molar-refractivity contribution is 0.242. The molecule has 0 radical (unpaired) electrons. The van der Waals surface area contributed by atoms with Crippen LogP contribution in [0.1, 0.15) is 33.0 Å². The molecule has 0 fully saturated rings. The summed E-state index contributed by atoms with van der Waals surface area (Å²) in [6.07, 6.45) is 2.39. The number of imidazole rings is 1. The first-order valence-electron chi connectivity index (χ1n) is 7.66. The summed E-state index contributed by atoms with van der Waals surface area (Å²) in [5, 5.41) is 0. The molecule has 1 aliphatic heterocycles. The number of fused-ring (bicyclic) bond motifs is 1. The molecule has 0 spiro atoms. The second kappa shape index (κ2) is 5.43. The zero-order chi connectivity index (χ0) is 15.0. The van der Waals surface area contributed by atoms with E-state index in [1.165, 1.54) is 6.42 Å². The summed E-state index contributed by atoms with van der Waals surface area (Å²) in [4.78, 5) is 4.74. The van der Waals surface area contributed by atoms with Crippen LogP contribution in [0.5, 0.6) is 5.75 Å². The van der Waals surface area contributed by atoms with Crippen LogP contribution in [-0.2, 0) is 13.0 Å². The number of aryl methyl sites for hydroxylation is 1. The van der Waals surface area contributed by atoms with E-state index >= 15 is 0 Å². The summed E-state index contributed by atoms with van der Waals surface area (Å²) in [7, 11) is 0. The van der Waals surface area contributed by atoms with Crippen molar-refractivity contribution in [3.8, 4) is 17.0 Å². The van der Waals surface area contributed by atoms with Crippen molar-refractivity contribution in [2.45, 2.75) is 46.3 Å². The first kappa shape index (κ1) is 14.0. The fourth-order valence-corrected chi connectivity index (χ4v) is 2.86. The Morgan fingerprint density at radius 3 is 2.67 bits per heavy atom. The Balaban J connectivity index is 1.90. The maximum atomic E-state index is 6.31. The molecule has 2 heterocycles. The van der Waals surface area contributed by atoms with Crippen molar-refractivity contribution in [1.29, 1.82) is 0 Å². The van der Waals surface area contributed by atoms with Crippen LogP contribution in [0.25, 0.3) is 11.3 Å². The molecule has 4 nitrogen and oxygen atoms in total. The lowest BCUT2D eigenvalue weighted by Gasteiger charge is -2.20. The zero-order valence-electron chi connectivity index (χ0n) is 13.0. The fraction of sp³-hybridized carbons (Fsp3) is 0.471. The number of nitrogens with zero attached hydrogens (tertiary/aromatic N) is 2. The van der Waals surface area contributed by atoms with Crippen LogP contribution >= 0.6 is 0 Å². The highest BCUT2D eigenvalue weighted by atomic mass is 16.5. The van der Waals surface area contributed by atoms with Crippen LogP contribution in [0.2, 0.25) is 0 Å². The molecule has 21 heavy (non-hydrogen) atoms. The van der Waals surface area contributed by atoms with Crippen LogP contribution in [-0.4, -0.2) is 15.7 Å². The van der Waals surface area contributed by atoms with Crippen molar-refractivity contribution >= 4 is 5.82 Å². The van der Waals surface area contributed by atoms with Crippen LogP contribution in [0, 0.1) is 5.92 Å². The number of aromatic nitrogens is 2. The number of hydrogen-bond donors (Lipinski definition) is 1. The molecule has 1 unspecified atom stereocenters. The van der Waals surface area contributed by atoms with Gasteiger partial charge in [-0.05, 0) is 50.5 Å². The minimum Gasteiger partial charge on any atom is -0.491 e. The van der Waals surface area contributed by atoms with Gasteiger partial charge in [0.25, 0.3) is 0 Å². The largest absolute Gasteiger partial charge is 0.491 e. The Morgan fingerprint density at radius 1 is 1.29 bits per heavy atom. The third kappa shape index (κ3) is 2.75. The third-order valence-corrected chi connectivity index (χ3v) is 3.94. The normalized spacial score (nSPS) is 17.8. The van der Waals surface area contributed by atoms with Crippen molar-refractivity contribution in [3.63, 3.8) is 0 Å². The fourth-order valence-electron chi connectivity index (χ4n) is 2.86. The Bertz CT molecular complexity index is 628. The van der Waals surface area contributed by atoms with E-state index in [0.29, 0.717) is 5.92 Å². The van der Waals surface area contributed by atoms with E-state index in [9.17, 15) is 0 Å². The number of anilines is 1. The zero-order valence-corrected chi connectivity index (χ0v) is 13.0. The van der Waals surface area contributed by atoms with Gasteiger partial charge in [-0.1, -0.05) is 6.92 Å². The van der Waals surface area contributed by atoms with Crippen molar-refractivity contribution in [1.82, 2.24) is 9.55 Å². The van der Waals surface area contributed by atoms with E-state index < -0.39 is 0 Å². The molecule has 0 aliphatic carbocycles. The number of benzene rings is 1. The lowest BCUT2D eigenvalue weighted by Crippen LogP contribution is -2.19. The van der Waals surface area contributed by atoms with Gasteiger partial charge in [0.1, 0.15) is 23.1 Å². The van der Waals surface area contributed by atoms with Gasteiger partial charge in [0, 0.05) is 18.5 Å². The third-order valence-electron chi connectivity index (χ3n) is 3.94. The maximum Gasteiger partial charge on any atom is 0.131 e. The predicted octanol–water partition coefficient (Wildman–Crippen LogP) is 3.50. The van der Waals surface area contributed by atoms with E-state index in [2.05, 4.69) is 11.5 Å². The van der Waals surface area contributed by atoms with Gasteiger partial charge < -0.3 is 15.0 Å². The lowest BCUT2D eigenvalue weighted by atomic mass is 10.0. The molecule has 4 heteroatoms. The second-order valence-electron chi connectivity index (χ2n) is 6.21. The summed E-state index contributed by atoms with van der Waals surface area (Å²) < 4.78 is 7.84. The Kier molecular flexibility index (Phi) is 3.62. The molecule has 112 valence electrons. The standard InChI is InChI=1S/C17H23N3O/c1-11(2)21-14-7-5-13(6-8-14)16-17(18)20-10-12(3)4-9-15(20)19-16/h5-8,11-12H,4,9-10,18H2,1-3H3. The minimum atomic E-state index is 0.183. The topological polar surface area (TPSA) is 53.1 Å². The number of nitrogen functional groups attached to an aromatic ring is 1. The minimum absolute atomic E-state index is 0.183. The summed E-state index contributed by atoms with van der Waals surface area (Å²) in [6.45, 7) is 7.29. The summed E-state index contributed by atoms with van der Waals surface area (Å²) >= 11 is 0. The van der Waals surface area contributed by atoms with Crippen LogP contribution < -0.4 is 10.5 Å². The van der Waals surface area contributed by atoms with Crippen molar-refractivity contribution in [2.75, 3.05) is 5.73 Å². The number of hydrogen-bond acceptors (Lipinski definition) is 3. The first-order valence-corrected chi connectivity index (χ1v) is 7.66. The summed E-state index contributed by atoms with van der Waals surface area (Å²) in [6, 6.07) is 8.03. The van der Waals surface area contributed by atoms with E-state index in [1.807, 2.05) is 38.1 Å². The van der Waals surface area contributed by atoms with Gasteiger partial charge >= 0.3 is 0 Å². The van der Waals surface area contributed by atoms with Crippen molar-refractivity contribution in [3.05, 3.63) is 30.1 Å². The highest BCUT2D eigenvalue weighted by Gasteiger charge is 2.21. The van der Waals surface area contributed by atoms with Gasteiger partial charge in [-0.2, -0.15) is 0 Å². The smallest absolute Gasteiger partial charge is 0.131 e. The quantitative estimate of drug-likeness (QED) is 0.939. The predicted molar refractivity (Wildman–Crippen MR) is 85.3 cm³/mol. The second-order valence-corrected chi connectivity index (χ2v) is 6.21. The van der Waals surface area contributed by atoms with Crippen LogP contribution in [0.4, 0.5) is 5.82 Å². The highest BCUT2D eigenvalue weighted by Crippen LogP contribution is 2.31. The van der Waals surface area contributed by atoms with E-state index in [4.69, 9.17) is 15.5 Å². The average Bonchev–Trinajstić information content (AvgIpc) is 2.76. The molecule has 0 saturated heterocycles. The monoisotopic (exact) mass is 285 g/mol. The molecule has 2 N–H and O–H groups in total. The van der Waals surface area contributed by atoms with Gasteiger partial charge in [0.2, 0.25) is 0 Å². The molecule has 1 atom stereocenters. The number of nitrogens with two attached hydrogens (primary N) is 1. The molecule has 1 aliphatic rings. The van der Waals surface area contributed by atoms with Crippen LogP contribution in [0.3, 0.4) is 0 Å². The molecule has 2 aromatic rings. The molecule has 3 rings (SSSR count). The molecule has 1 aromatic carbocycles. The van der Waals surface area contributed by atoms with Gasteiger partial charge in [-0.25, -0.2) is 4.98 Å². The van der Waals surface area contributed by atoms with Crippen molar-refractivity contribution < 1.29 is 4.74 Å². The molecular weight excluding hydrogens is 262 g/mol.